The Morgan fingerprint density at radius 1 is 1.16 bits per heavy atom. The molecule has 31 heavy (non-hydrogen) atoms. The van der Waals surface area contributed by atoms with Crippen molar-refractivity contribution in [3.63, 3.8) is 0 Å². The molecule has 160 valence electrons. The summed E-state index contributed by atoms with van der Waals surface area (Å²) in [6.45, 7) is 2.80. The smallest absolute Gasteiger partial charge is 0.231 e. The van der Waals surface area contributed by atoms with Gasteiger partial charge in [0, 0.05) is 35.7 Å². The predicted molar refractivity (Wildman–Crippen MR) is 120 cm³/mol. The van der Waals surface area contributed by atoms with Crippen LogP contribution in [0.5, 0.6) is 0 Å². The highest BCUT2D eigenvalue weighted by molar-refractivity contribution is 9.10. The van der Waals surface area contributed by atoms with Gasteiger partial charge in [0.05, 0.1) is 12.3 Å². The van der Waals surface area contributed by atoms with E-state index in [0.717, 1.165) is 35.0 Å². The maximum atomic E-state index is 12.8. The number of aromatic nitrogens is 2. The third kappa shape index (κ3) is 5.38. The minimum atomic E-state index is -0.119. The second-order valence-corrected chi connectivity index (χ2v) is 8.61. The lowest BCUT2D eigenvalue weighted by molar-refractivity contribution is -0.131. The molecule has 1 saturated heterocycles. The highest BCUT2D eigenvalue weighted by atomic mass is 79.9. The molecule has 1 atom stereocenters. The first kappa shape index (κ1) is 21.2. The number of carbonyl (C=O) groups is 2. The van der Waals surface area contributed by atoms with Crippen LogP contribution in [0.4, 0.5) is 5.69 Å². The Hall–Kier alpha value is -3.00. The van der Waals surface area contributed by atoms with E-state index in [1.54, 1.807) is 12.1 Å². The van der Waals surface area contributed by atoms with Gasteiger partial charge in [-0.3, -0.25) is 9.59 Å². The Morgan fingerprint density at radius 2 is 1.90 bits per heavy atom. The van der Waals surface area contributed by atoms with Crippen molar-refractivity contribution < 1.29 is 14.1 Å². The number of carbonyl (C=O) groups excluding carboxylic acids is 2. The van der Waals surface area contributed by atoms with Crippen LogP contribution in [-0.4, -0.2) is 39.9 Å². The third-order valence-corrected chi connectivity index (χ3v) is 5.83. The fraction of sp³-hybridized carbons (Fsp3) is 0.304. The van der Waals surface area contributed by atoms with Gasteiger partial charge in [0.1, 0.15) is 0 Å². The number of piperidine rings is 1. The van der Waals surface area contributed by atoms with Crippen molar-refractivity contribution in [3.05, 3.63) is 64.5 Å². The number of nitrogens with one attached hydrogen (secondary N) is 1. The first-order valence-electron chi connectivity index (χ1n) is 10.2. The predicted octanol–water partition coefficient (Wildman–Crippen LogP) is 4.41. The first-order valence-corrected chi connectivity index (χ1v) is 11.0. The average molecular weight is 483 g/mol. The summed E-state index contributed by atoms with van der Waals surface area (Å²) in [4.78, 5) is 30.4. The van der Waals surface area contributed by atoms with Crippen molar-refractivity contribution in [3.8, 4) is 11.4 Å². The lowest BCUT2D eigenvalue weighted by Crippen LogP contribution is -2.40. The number of rotatable bonds is 5. The normalized spacial score (nSPS) is 16.2. The van der Waals surface area contributed by atoms with Crippen LogP contribution in [0.15, 0.2) is 57.5 Å². The molecule has 0 saturated carbocycles. The Bertz CT molecular complexity index is 1060. The van der Waals surface area contributed by atoms with E-state index in [4.69, 9.17) is 4.52 Å². The summed E-state index contributed by atoms with van der Waals surface area (Å²) in [5, 5.41) is 6.85. The minimum absolute atomic E-state index is 0.0301. The number of anilines is 1. The Labute approximate surface area is 189 Å². The van der Waals surface area contributed by atoms with Gasteiger partial charge < -0.3 is 14.7 Å². The van der Waals surface area contributed by atoms with Gasteiger partial charge in [0.2, 0.25) is 23.5 Å². The maximum absolute atomic E-state index is 12.8. The van der Waals surface area contributed by atoms with Crippen molar-refractivity contribution >= 4 is 33.4 Å². The molecule has 1 unspecified atom stereocenters. The van der Waals surface area contributed by atoms with E-state index in [0.29, 0.717) is 30.4 Å². The van der Waals surface area contributed by atoms with Crippen LogP contribution in [0.1, 0.15) is 37.1 Å². The maximum Gasteiger partial charge on any atom is 0.231 e. The summed E-state index contributed by atoms with van der Waals surface area (Å²) in [5.74, 6) is 1.08. The van der Waals surface area contributed by atoms with Gasteiger partial charge in [-0.15, -0.1) is 0 Å². The van der Waals surface area contributed by atoms with E-state index in [1.807, 2.05) is 41.3 Å². The number of hydrogen-bond acceptors (Lipinski definition) is 5. The van der Waals surface area contributed by atoms with Crippen molar-refractivity contribution in [1.29, 1.82) is 0 Å². The highest BCUT2D eigenvalue weighted by Crippen LogP contribution is 2.28. The molecule has 1 aliphatic rings. The summed E-state index contributed by atoms with van der Waals surface area (Å²) >= 11 is 3.42. The molecule has 1 aliphatic heterocycles. The standard InChI is InChI=1S/C23H23BrN4O3/c1-15(29)25-20-10-6-17(7-11-20)22-26-23(31-27-22)18-3-2-12-28(14-18)21(30)13-16-4-8-19(24)9-5-16/h4-11,18H,2-3,12-14H2,1H3,(H,25,29). The van der Waals surface area contributed by atoms with Gasteiger partial charge >= 0.3 is 0 Å². The molecule has 0 radical (unpaired) electrons. The summed E-state index contributed by atoms with van der Waals surface area (Å²) in [7, 11) is 0. The molecule has 0 spiro atoms. The molecular weight excluding hydrogens is 460 g/mol. The van der Waals surface area contributed by atoms with Crippen LogP contribution in [0, 0.1) is 0 Å². The lowest BCUT2D eigenvalue weighted by atomic mass is 9.97. The summed E-state index contributed by atoms with van der Waals surface area (Å²) < 4.78 is 6.54. The van der Waals surface area contributed by atoms with Crippen molar-refractivity contribution in [2.45, 2.75) is 32.1 Å². The average Bonchev–Trinajstić information content (AvgIpc) is 3.26. The fourth-order valence-electron chi connectivity index (χ4n) is 3.72. The molecule has 0 bridgehead atoms. The molecule has 2 aromatic carbocycles. The number of likely N-dealkylation sites (tertiary alicyclic amines) is 1. The van der Waals surface area contributed by atoms with Crippen LogP contribution in [-0.2, 0) is 16.0 Å². The van der Waals surface area contributed by atoms with Crippen molar-refractivity contribution in [2.75, 3.05) is 18.4 Å². The molecule has 2 amide bonds. The lowest BCUT2D eigenvalue weighted by Gasteiger charge is -2.31. The van der Waals surface area contributed by atoms with Gasteiger partial charge in [-0.2, -0.15) is 4.98 Å². The van der Waals surface area contributed by atoms with E-state index in [1.165, 1.54) is 6.92 Å². The van der Waals surface area contributed by atoms with Crippen molar-refractivity contribution in [2.24, 2.45) is 0 Å². The van der Waals surface area contributed by atoms with Gasteiger partial charge in [-0.1, -0.05) is 33.2 Å². The Kier molecular flexibility index (Phi) is 6.46. The zero-order valence-corrected chi connectivity index (χ0v) is 18.8. The molecule has 0 aliphatic carbocycles. The first-order chi connectivity index (χ1) is 15.0. The topological polar surface area (TPSA) is 88.3 Å². The molecule has 8 heteroatoms. The highest BCUT2D eigenvalue weighted by Gasteiger charge is 2.28. The van der Waals surface area contributed by atoms with E-state index >= 15 is 0 Å². The van der Waals surface area contributed by atoms with E-state index in [-0.39, 0.29) is 17.7 Å². The molecule has 7 nitrogen and oxygen atoms in total. The van der Waals surface area contributed by atoms with Crippen LogP contribution in [0.2, 0.25) is 0 Å². The number of hydrogen-bond donors (Lipinski definition) is 1. The number of halogens is 1. The quantitative estimate of drug-likeness (QED) is 0.581. The molecule has 1 N–H and O–H groups in total. The molecule has 3 aromatic rings. The van der Waals surface area contributed by atoms with Gasteiger partial charge in [-0.25, -0.2) is 0 Å². The van der Waals surface area contributed by atoms with Crippen LogP contribution in [0.3, 0.4) is 0 Å². The van der Waals surface area contributed by atoms with Crippen LogP contribution < -0.4 is 5.32 Å². The SMILES string of the molecule is CC(=O)Nc1ccc(-c2noc(C3CCCN(C(=O)Cc4ccc(Br)cc4)C3)n2)cc1. The molecule has 1 fully saturated rings. The Morgan fingerprint density at radius 3 is 2.61 bits per heavy atom. The summed E-state index contributed by atoms with van der Waals surface area (Å²) in [6.07, 6.45) is 2.20. The zero-order chi connectivity index (χ0) is 21.8. The van der Waals surface area contributed by atoms with E-state index in [9.17, 15) is 9.59 Å². The number of nitrogens with zero attached hydrogens (tertiary/aromatic N) is 3. The largest absolute Gasteiger partial charge is 0.342 e. The molecular formula is C23H23BrN4O3. The molecule has 1 aromatic heterocycles. The van der Waals surface area contributed by atoms with Gasteiger partial charge in [0.25, 0.3) is 0 Å². The summed E-state index contributed by atoms with van der Waals surface area (Å²) in [5.41, 5.74) is 2.52. The van der Waals surface area contributed by atoms with E-state index < -0.39 is 0 Å². The number of benzene rings is 2. The van der Waals surface area contributed by atoms with Gasteiger partial charge in [-0.05, 0) is 54.8 Å². The van der Waals surface area contributed by atoms with Crippen LogP contribution >= 0.6 is 15.9 Å². The molecule has 4 rings (SSSR count). The number of amides is 2. The van der Waals surface area contributed by atoms with E-state index in [2.05, 4.69) is 31.4 Å². The zero-order valence-electron chi connectivity index (χ0n) is 17.2. The second-order valence-electron chi connectivity index (χ2n) is 7.70. The second kappa shape index (κ2) is 9.43. The molecule has 2 heterocycles. The summed E-state index contributed by atoms with van der Waals surface area (Å²) in [6, 6.07) is 15.1. The Balaban J connectivity index is 1.40. The fourth-order valence-corrected chi connectivity index (χ4v) is 3.98. The van der Waals surface area contributed by atoms with Crippen molar-refractivity contribution in [1.82, 2.24) is 15.0 Å². The monoisotopic (exact) mass is 482 g/mol. The van der Waals surface area contributed by atoms with Crippen LogP contribution in [0.25, 0.3) is 11.4 Å². The minimum Gasteiger partial charge on any atom is -0.342 e. The van der Waals surface area contributed by atoms with Gasteiger partial charge in [0.15, 0.2) is 0 Å². The third-order valence-electron chi connectivity index (χ3n) is 5.30.